The van der Waals surface area contributed by atoms with Crippen molar-refractivity contribution in [3.8, 4) is 0 Å². The average molecular weight is 274 g/mol. The summed E-state index contributed by atoms with van der Waals surface area (Å²) in [5.41, 5.74) is 5.70. The van der Waals surface area contributed by atoms with E-state index in [-0.39, 0.29) is 18.1 Å². The topological polar surface area (TPSA) is 56.4 Å². The molecule has 3 heterocycles. The number of rotatable bonds is 2. The standard InChI is InChI=1S/C15H22N4O/c1-9(2)14-13-10(7-12(20)18-14)8-19(16-3)15-11(13)5-4-6-17-15/h4-6,8-9,13-17H,7H2,1-3H3,(H,18,20). The van der Waals surface area contributed by atoms with Crippen LogP contribution in [0.1, 0.15) is 20.3 Å². The normalized spacial score (nSPS) is 31.9. The first kappa shape index (κ1) is 13.2. The lowest BCUT2D eigenvalue weighted by Gasteiger charge is -2.47. The highest BCUT2D eigenvalue weighted by Gasteiger charge is 2.43. The minimum atomic E-state index is 0.120. The summed E-state index contributed by atoms with van der Waals surface area (Å²) in [4.78, 5) is 11.9. The molecule has 3 unspecified atom stereocenters. The summed E-state index contributed by atoms with van der Waals surface area (Å²) >= 11 is 0. The van der Waals surface area contributed by atoms with Gasteiger partial charge < -0.3 is 10.6 Å². The minimum absolute atomic E-state index is 0.120. The first-order chi connectivity index (χ1) is 9.61. The van der Waals surface area contributed by atoms with Gasteiger partial charge in [-0.25, -0.2) is 5.43 Å². The molecule has 0 radical (unpaired) electrons. The Morgan fingerprint density at radius 1 is 1.45 bits per heavy atom. The Kier molecular flexibility index (Phi) is 3.30. The van der Waals surface area contributed by atoms with Crippen LogP contribution in [0, 0.1) is 11.8 Å². The summed E-state index contributed by atoms with van der Waals surface area (Å²) in [6.07, 6.45) is 8.87. The van der Waals surface area contributed by atoms with Gasteiger partial charge in [-0.15, -0.1) is 0 Å². The zero-order valence-corrected chi connectivity index (χ0v) is 12.2. The summed E-state index contributed by atoms with van der Waals surface area (Å²) in [6, 6.07) is 0.170. The van der Waals surface area contributed by atoms with Gasteiger partial charge in [-0.2, -0.15) is 0 Å². The average Bonchev–Trinajstić information content (AvgIpc) is 2.45. The number of hydrazine groups is 1. The van der Waals surface area contributed by atoms with E-state index in [1.807, 2.05) is 24.3 Å². The van der Waals surface area contributed by atoms with Gasteiger partial charge in [-0.3, -0.25) is 9.80 Å². The molecule has 0 spiro atoms. The third-order valence-electron chi connectivity index (χ3n) is 4.32. The molecule has 108 valence electrons. The molecule has 0 aromatic heterocycles. The summed E-state index contributed by atoms with van der Waals surface area (Å²) in [6.45, 7) is 4.33. The third-order valence-corrected chi connectivity index (χ3v) is 4.32. The van der Waals surface area contributed by atoms with Crippen LogP contribution in [0.15, 0.2) is 35.7 Å². The summed E-state index contributed by atoms with van der Waals surface area (Å²) < 4.78 is 0. The summed E-state index contributed by atoms with van der Waals surface area (Å²) in [5.74, 6) is 0.821. The number of piperidine rings is 1. The summed E-state index contributed by atoms with van der Waals surface area (Å²) in [5, 5.41) is 8.59. The Morgan fingerprint density at radius 2 is 2.25 bits per heavy atom. The first-order valence-electron chi connectivity index (χ1n) is 7.20. The molecular weight excluding hydrogens is 252 g/mol. The minimum Gasteiger partial charge on any atom is -0.367 e. The predicted octanol–water partition coefficient (Wildman–Crippen LogP) is 0.850. The van der Waals surface area contributed by atoms with Gasteiger partial charge in [-0.1, -0.05) is 19.9 Å². The molecule has 3 rings (SSSR count). The maximum Gasteiger partial charge on any atom is 0.224 e. The maximum atomic E-state index is 11.9. The van der Waals surface area contributed by atoms with Crippen molar-refractivity contribution in [1.29, 1.82) is 0 Å². The number of fused-ring (bicyclic) bond motifs is 3. The van der Waals surface area contributed by atoms with E-state index in [0.717, 1.165) is 0 Å². The van der Waals surface area contributed by atoms with Crippen molar-refractivity contribution in [3.63, 3.8) is 0 Å². The number of carbonyl (C=O) groups excluding carboxylic acids is 1. The number of allylic oxidation sites excluding steroid dienone is 2. The number of dihydropyridines is 1. The van der Waals surface area contributed by atoms with E-state index in [1.54, 1.807) is 0 Å². The SMILES string of the molecule is CNN1C=C2CC(=O)NC(C(C)C)C2C2=CC=CNC21. The number of hydrogen-bond donors (Lipinski definition) is 3. The van der Waals surface area contributed by atoms with Crippen molar-refractivity contribution in [2.45, 2.75) is 32.5 Å². The molecule has 0 bridgehead atoms. The van der Waals surface area contributed by atoms with Crippen molar-refractivity contribution in [1.82, 2.24) is 21.1 Å². The van der Waals surface area contributed by atoms with Crippen LogP contribution in [0.4, 0.5) is 0 Å². The monoisotopic (exact) mass is 274 g/mol. The second kappa shape index (κ2) is 4.98. The number of amides is 1. The molecule has 0 aromatic carbocycles. The Morgan fingerprint density at radius 3 is 2.95 bits per heavy atom. The van der Waals surface area contributed by atoms with Crippen molar-refractivity contribution in [2.75, 3.05) is 7.05 Å². The molecular formula is C15H22N4O. The van der Waals surface area contributed by atoms with E-state index in [0.29, 0.717) is 18.3 Å². The molecule has 1 saturated heterocycles. The van der Waals surface area contributed by atoms with E-state index in [2.05, 4.69) is 42.2 Å². The first-order valence-corrected chi connectivity index (χ1v) is 7.20. The van der Waals surface area contributed by atoms with Crippen LogP contribution < -0.4 is 16.1 Å². The molecule has 1 fully saturated rings. The van der Waals surface area contributed by atoms with E-state index < -0.39 is 0 Å². The van der Waals surface area contributed by atoms with E-state index in [9.17, 15) is 4.79 Å². The van der Waals surface area contributed by atoms with Gasteiger partial charge in [-0.05, 0) is 29.3 Å². The molecule has 20 heavy (non-hydrogen) atoms. The lowest BCUT2D eigenvalue weighted by molar-refractivity contribution is -0.123. The molecule has 1 amide bonds. The van der Waals surface area contributed by atoms with Crippen LogP contribution in [0.2, 0.25) is 0 Å². The van der Waals surface area contributed by atoms with Crippen molar-refractivity contribution >= 4 is 5.91 Å². The van der Waals surface area contributed by atoms with Crippen LogP contribution >= 0.6 is 0 Å². The third kappa shape index (κ3) is 2.02. The van der Waals surface area contributed by atoms with Gasteiger partial charge in [0.1, 0.15) is 6.17 Å². The zero-order valence-electron chi connectivity index (χ0n) is 12.2. The second-order valence-corrected chi connectivity index (χ2v) is 5.92. The molecule has 0 aliphatic carbocycles. The molecule has 3 aliphatic heterocycles. The largest absolute Gasteiger partial charge is 0.367 e. The van der Waals surface area contributed by atoms with Crippen LogP contribution in [0.25, 0.3) is 0 Å². The second-order valence-electron chi connectivity index (χ2n) is 5.92. The number of nitrogens with one attached hydrogen (secondary N) is 3. The Labute approximate surface area is 119 Å². The van der Waals surface area contributed by atoms with Crippen LogP contribution in [-0.4, -0.2) is 30.2 Å². The van der Waals surface area contributed by atoms with Gasteiger partial charge in [0.15, 0.2) is 0 Å². The van der Waals surface area contributed by atoms with E-state index >= 15 is 0 Å². The fourth-order valence-electron chi connectivity index (χ4n) is 3.40. The number of hydrogen-bond acceptors (Lipinski definition) is 4. The Hall–Kier alpha value is -1.75. The van der Waals surface area contributed by atoms with E-state index in [1.165, 1.54) is 11.1 Å². The molecule has 0 saturated carbocycles. The van der Waals surface area contributed by atoms with Gasteiger partial charge in [0.25, 0.3) is 0 Å². The number of carbonyl (C=O) groups is 1. The van der Waals surface area contributed by atoms with Crippen LogP contribution in [0.5, 0.6) is 0 Å². The highest BCUT2D eigenvalue weighted by Crippen LogP contribution is 2.39. The molecule has 3 N–H and O–H groups in total. The molecule has 5 nitrogen and oxygen atoms in total. The molecule has 3 aliphatic rings. The quantitative estimate of drug-likeness (QED) is 0.699. The lowest BCUT2D eigenvalue weighted by Crippen LogP contribution is -2.59. The molecule has 3 atom stereocenters. The van der Waals surface area contributed by atoms with Gasteiger partial charge in [0.2, 0.25) is 5.91 Å². The van der Waals surface area contributed by atoms with E-state index in [4.69, 9.17) is 0 Å². The van der Waals surface area contributed by atoms with Gasteiger partial charge in [0, 0.05) is 25.2 Å². The van der Waals surface area contributed by atoms with Gasteiger partial charge in [0.05, 0.1) is 6.42 Å². The molecule has 0 aromatic rings. The fraction of sp³-hybridized carbons (Fsp3) is 0.533. The predicted molar refractivity (Wildman–Crippen MR) is 78.0 cm³/mol. The van der Waals surface area contributed by atoms with Crippen molar-refractivity contribution < 1.29 is 4.79 Å². The Bertz CT molecular complexity index is 506. The zero-order chi connectivity index (χ0) is 14.3. The molecule has 5 heteroatoms. The highest BCUT2D eigenvalue weighted by molar-refractivity contribution is 5.81. The van der Waals surface area contributed by atoms with Crippen LogP contribution in [0.3, 0.4) is 0 Å². The van der Waals surface area contributed by atoms with Crippen molar-refractivity contribution in [3.05, 3.63) is 35.7 Å². The van der Waals surface area contributed by atoms with Gasteiger partial charge >= 0.3 is 0 Å². The smallest absolute Gasteiger partial charge is 0.224 e. The number of nitrogens with zero attached hydrogens (tertiary/aromatic N) is 1. The van der Waals surface area contributed by atoms with Crippen molar-refractivity contribution in [2.24, 2.45) is 11.8 Å². The van der Waals surface area contributed by atoms with Crippen LogP contribution in [-0.2, 0) is 4.79 Å². The lowest BCUT2D eigenvalue weighted by atomic mass is 9.73. The Balaban J connectivity index is 2.05. The maximum absolute atomic E-state index is 11.9. The fourth-order valence-corrected chi connectivity index (χ4v) is 3.40. The highest BCUT2D eigenvalue weighted by atomic mass is 16.1. The summed E-state index contributed by atoms with van der Waals surface area (Å²) in [7, 11) is 1.90.